The number of carbonyl (C=O) groups excluding carboxylic acids is 2. The van der Waals surface area contributed by atoms with Crippen LogP contribution >= 0.6 is 67.0 Å². The van der Waals surface area contributed by atoms with Crippen molar-refractivity contribution >= 4 is 85.1 Å². The van der Waals surface area contributed by atoms with Crippen LogP contribution in [-0.2, 0) is 21.4 Å². The average molecular weight is 741 g/mol. The second-order valence-electron chi connectivity index (χ2n) is 9.36. The molecule has 0 spiro atoms. The number of rotatable bonds is 10. The van der Waals surface area contributed by atoms with Gasteiger partial charge in [-0.15, -0.1) is 16.9 Å². The van der Waals surface area contributed by atoms with Crippen molar-refractivity contribution in [1.29, 1.82) is 0 Å². The van der Waals surface area contributed by atoms with E-state index in [1.165, 1.54) is 22.9 Å². The Morgan fingerprint density at radius 3 is 2.44 bits per heavy atom. The molecule has 14 heteroatoms. The third kappa shape index (κ3) is 6.58. The molecule has 1 amide bonds. The molecule has 0 bridgehead atoms. The lowest BCUT2D eigenvalue weighted by Gasteiger charge is -2.48. The first-order valence-corrected chi connectivity index (χ1v) is 16.7. The van der Waals surface area contributed by atoms with Crippen LogP contribution in [-0.4, -0.2) is 74.7 Å². The van der Waals surface area contributed by atoms with E-state index in [1.54, 1.807) is 23.5 Å². The number of aryl methyl sites for hydroxylation is 1. The number of carbonyl (C=O) groups is 2. The predicted octanol–water partition coefficient (Wildman–Crippen LogP) is 5.36. The number of hydrogen-bond donors (Lipinski definition) is 0. The molecule has 2 unspecified atom stereocenters. The number of benzene rings is 2. The molecule has 3 aromatic rings. The second kappa shape index (κ2) is 13.0. The maximum absolute atomic E-state index is 14.0. The van der Waals surface area contributed by atoms with Gasteiger partial charge in [0.1, 0.15) is 14.9 Å². The highest BCUT2D eigenvalue weighted by Gasteiger charge is 2.54. The number of alkyl halides is 3. The molecule has 5 rings (SSSR count). The first-order valence-electron chi connectivity index (χ1n) is 12.6. The van der Waals surface area contributed by atoms with E-state index in [1.807, 2.05) is 67.6 Å². The van der Waals surface area contributed by atoms with E-state index in [-0.39, 0.29) is 21.8 Å². The maximum Gasteiger partial charge on any atom is 0.356 e. The van der Waals surface area contributed by atoms with E-state index in [9.17, 15) is 9.59 Å². The summed E-state index contributed by atoms with van der Waals surface area (Å²) in [5.74, 6) is 0.0628. The van der Waals surface area contributed by atoms with Crippen molar-refractivity contribution in [3.8, 4) is 0 Å². The summed E-state index contributed by atoms with van der Waals surface area (Å²) in [5.41, 5.74) is 2.66. The number of fused-ring (bicyclic) bond motifs is 1. The normalized spacial score (nSPS) is 21.0. The van der Waals surface area contributed by atoms with Crippen LogP contribution in [0.5, 0.6) is 0 Å². The number of aliphatic imine (C=N–C) groups is 1. The third-order valence-electron chi connectivity index (χ3n) is 6.54. The van der Waals surface area contributed by atoms with Crippen LogP contribution in [0.3, 0.4) is 0 Å². The van der Waals surface area contributed by atoms with Gasteiger partial charge < -0.3 is 4.74 Å². The Labute approximate surface area is 267 Å². The minimum absolute atomic E-state index is 0.136. The number of thioether (sulfide) groups is 2. The van der Waals surface area contributed by atoms with Crippen LogP contribution in [0.25, 0.3) is 0 Å². The summed E-state index contributed by atoms with van der Waals surface area (Å²) in [4.78, 5) is 33.4. The lowest BCUT2D eigenvalue weighted by atomic mass is 10.0. The van der Waals surface area contributed by atoms with E-state index < -0.39 is 21.9 Å². The molecule has 2 aliphatic rings. The number of hydrogen-bond acceptors (Lipinski definition) is 9. The number of β-lactam (4-membered cyclic amide) rings is 1. The van der Waals surface area contributed by atoms with E-state index in [4.69, 9.17) is 16.3 Å². The zero-order valence-corrected chi connectivity index (χ0v) is 27.5. The van der Waals surface area contributed by atoms with Gasteiger partial charge in [-0.05, 0) is 34.1 Å². The molecule has 0 aliphatic carbocycles. The summed E-state index contributed by atoms with van der Waals surface area (Å²) in [7, 11) is 1.75. The second-order valence-corrected chi connectivity index (χ2v) is 15.2. The number of halogens is 3. The molecule has 0 saturated carbocycles. The van der Waals surface area contributed by atoms with Gasteiger partial charge in [0, 0.05) is 29.6 Å². The van der Waals surface area contributed by atoms with Crippen LogP contribution in [0.2, 0.25) is 0 Å². The van der Waals surface area contributed by atoms with Gasteiger partial charge in [0.25, 0.3) is 5.91 Å². The van der Waals surface area contributed by atoms with Crippen LogP contribution in [0.15, 0.2) is 82.1 Å². The first-order chi connectivity index (χ1) is 19.7. The van der Waals surface area contributed by atoms with Gasteiger partial charge in [0.15, 0.2) is 12.1 Å². The molecule has 4 atom stereocenters. The largest absolute Gasteiger partial charge is 0.448 e. The lowest BCUT2D eigenvalue weighted by Crippen LogP contribution is -2.64. The third-order valence-corrected chi connectivity index (χ3v) is 11.9. The highest BCUT2D eigenvalue weighted by atomic mass is 79.9. The summed E-state index contributed by atoms with van der Waals surface area (Å²) < 4.78 is 6.82. The fourth-order valence-corrected chi connectivity index (χ4v) is 6.91. The number of esters is 1. The van der Waals surface area contributed by atoms with E-state index >= 15 is 0 Å². The van der Waals surface area contributed by atoms with Crippen molar-refractivity contribution in [2.45, 2.75) is 38.2 Å². The smallest absolute Gasteiger partial charge is 0.356 e. The minimum Gasteiger partial charge on any atom is -0.448 e. The van der Waals surface area contributed by atoms with Crippen molar-refractivity contribution in [3.63, 3.8) is 0 Å². The first kappa shape index (κ1) is 30.3. The van der Waals surface area contributed by atoms with Gasteiger partial charge in [-0.2, -0.15) is 0 Å². The zero-order valence-electron chi connectivity index (χ0n) is 21.9. The van der Waals surface area contributed by atoms with Crippen LogP contribution in [0.1, 0.15) is 24.2 Å². The van der Waals surface area contributed by atoms with Gasteiger partial charge in [-0.25, -0.2) is 9.48 Å². The number of aromatic nitrogens is 4. The number of tetrazole rings is 1. The molecule has 41 heavy (non-hydrogen) atoms. The standard InChI is InChI=1S/C27H25Br2ClN6O3S2/c1-16(28)27(29,30)15-31-20-23(37)36-21(19(13-40-24(20)36)14-41-26-32-33-34-35(26)2)25(38)39-22(17-9-5-3-6-10-17)18-11-7-4-8-12-18/h3-12,15-16,20,22,24H,13-14H2,1-2H3/t16?,20-,24+,27?/m1/s1. The SMILES string of the molecule is CC(Br)C(Cl)(Br)C=N[C@@H]1C(=O)N2C(C(=O)OC(c3ccccc3)c3ccccc3)=C(CSc3nnnn3C)CS[C@@H]12. The van der Waals surface area contributed by atoms with E-state index in [0.717, 1.165) is 16.7 Å². The maximum atomic E-state index is 14.0. The summed E-state index contributed by atoms with van der Waals surface area (Å²) in [6, 6.07) is 18.4. The summed E-state index contributed by atoms with van der Waals surface area (Å²) in [6.07, 6.45) is 0.877. The highest BCUT2D eigenvalue weighted by molar-refractivity contribution is 9.13. The molecule has 2 aromatic carbocycles. The molecule has 1 fully saturated rings. The van der Waals surface area contributed by atoms with E-state index in [0.29, 0.717) is 16.7 Å². The molecule has 3 heterocycles. The van der Waals surface area contributed by atoms with Crippen molar-refractivity contribution in [2.75, 3.05) is 11.5 Å². The molecule has 0 radical (unpaired) electrons. The Bertz CT molecular complexity index is 1430. The van der Waals surface area contributed by atoms with Crippen molar-refractivity contribution in [3.05, 3.63) is 83.1 Å². The summed E-state index contributed by atoms with van der Waals surface area (Å²) >= 11 is 16.3. The number of ether oxygens (including phenoxy) is 1. The minimum atomic E-state index is -0.949. The Morgan fingerprint density at radius 1 is 1.24 bits per heavy atom. The molecular formula is C27H25Br2ClN6O3S2. The molecule has 1 saturated heterocycles. The number of nitrogens with zero attached hydrogens (tertiary/aromatic N) is 6. The number of amides is 1. The van der Waals surface area contributed by atoms with Gasteiger partial charge in [0.2, 0.25) is 5.16 Å². The fourth-order valence-electron chi connectivity index (χ4n) is 4.29. The fraction of sp³-hybridized carbons (Fsp3) is 0.333. The molecule has 1 aromatic heterocycles. The summed E-state index contributed by atoms with van der Waals surface area (Å²) in [5, 5.41) is 11.8. The van der Waals surface area contributed by atoms with Gasteiger partial charge in [0.05, 0.1) is 0 Å². The van der Waals surface area contributed by atoms with E-state index in [2.05, 4.69) is 52.4 Å². The Kier molecular flexibility index (Phi) is 9.59. The molecular weight excluding hydrogens is 716 g/mol. The highest BCUT2D eigenvalue weighted by Crippen LogP contribution is 2.44. The average Bonchev–Trinajstić information content (AvgIpc) is 3.39. The Balaban J connectivity index is 1.46. The molecule has 9 nitrogen and oxygen atoms in total. The quantitative estimate of drug-likeness (QED) is 0.0902. The van der Waals surface area contributed by atoms with Crippen molar-refractivity contribution in [1.82, 2.24) is 25.1 Å². The van der Waals surface area contributed by atoms with Crippen LogP contribution in [0, 0.1) is 0 Å². The predicted molar refractivity (Wildman–Crippen MR) is 169 cm³/mol. The van der Waals surface area contributed by atoms with Crippen molar-refractivity contribution < 1.29 is 14.3 Å². The van der Waals surface area contributed by atoms with Gasteiger partial charge in [-0.3, -0.25) is 14.7 Å². The van der Waals surface area contributed by atoms with Gasteiger partial charge in [-0.1, -0.05) is 116 Å². The zero-order chi connectivity index (χ0) is 29.1. The Hall–Kier alpha value is -2.19. The molecule has 0 N–H and O–H groups in total. The van der Waals surface area contributed by atoms with Crippen LogP contribution < -0.4 is 0 Å². The summed E-state index contributed by atoms with van der Waals surface area (Å²) in [6.45, 7) is 1.88. The molecule has 214 valence electrons. The van der Waals surface area contributed by atoms with Crippen LogP contribution in [0.4, 0.5) is 0 Å². The topological polar surface area (TPSA) is 103 Å². The Morgan fingerprint density at radius 2 is 1.88 bits per heavy atom. The molecule has 2 aliphatic heterocycles. The van der Waals surface area contributed by atoms with Crippen molar-refractivity contribution in [2.24, 2.45) is 12.0 Å². The monoisotopic (exact) mass is 738 g/mol. The lowest BCUT2D eigenvalue weighted by molar-refractivity contribution is -0.153. The van der Waals surface area contributed by atoms with Gasteiger partial charge >= 0.3 is 5.97 Å².